The molecule has 2 rings (SSSR count). The quantitative estimate of drug-likeness (QED) is 0.852. The van der Waals surface area contributed by atoms with Crippen LogP contribution in [0.1, 0.15) is 24.5 Å². The van der Waals surface area contributed by atoms with Gasteiger partial charge in [0.15, 0.2) is 0 Å². The second kappa shape index (κ2) is 6.32. The van der Waals surface area contributed by atoms with Gasteiger partial charge in [0.2, 0.25) is 0 Å². The second-order valence-electron chi connectivity index (χ2n) is 4.80. The van der Waals surface area contributed by atoms with Crippen molar-refractivity contribution >= 4 is 5.69 Å². The van der Waals surface area contributed by atoms with Crippen LogP contribution in [0.3, 0.4) is 0 Å². The Balaban J connectivity index is 1.95. The highest BCUT2D eigenvalue weighted by Gasteiger charge is 2.01. The molecule has 0 aliphatic rings. The van der Waals surface area contributed by atoms with Gasteiger partial charge in [0, 0.05) is 31.2 Å². The Morgan fingerprint density at radius 3 is 2.79 bits per heavy atom. The Bertz CT molecular complexity index is 531. The molecule has 0 spiro atoms. The maximum absolute atomic E-state index is 5.26. The molecule has 3 heteroatoms. The molecule has 1 aromatic carbocycles. The number of rotatable bonds is 6. The first-order chi connectivity index (χ1) is 9.22. The highest BCUT2D eigenvalue weighted by molar-refractivity contribution is 5.51. The molecule has 19 heavy (non-hydrogen) atoms. The smallest absolute Gasteiger partial charge is 0.121 e. The van der Waals surface area contributed by atoms with E-state index in [0.717, 1.165) is 30.1 Å². The number of benzene rings is 1. The van der Waals surface area contributed by atoms with Crippen LogP contribution in [0.15, 0.2) is 36.7 Å². The van der Waals surface area contributed by atoms with Gasteiger partial charge in [-0.3, -0.25) is 0 Å². The average Bonchev–Trinajstić information content (AvgIpc) is 2.85. The van der Waals surface area contributed by atoms with E-state index in [1.807, 2.05) is 6.07 Å². The summed E-state index contributed by atoms with van der Waals surface area (Å²) in [5.41, 5.74) is 3.58. The fraction of sp³-hybridized carbons (Fsp3) is 0.375. The highest BCUT2D eigenvalue weighted by atomic mass is 16.5. The Morgan fingerprint density at radius 1 is 1.26 bits per heavy atom. The third-order valence-corrected chi connectivity index (χ3v) is 3.19. The lowest BCUT2D eigenvalue weighted by atomic mass is 10.2. The minimum absolute atomic E-state index is 0.850. The predicted octanol–water partition coefficient (Wildman–Crippen LogP) is 3.83. The van der Waals surface area contributed by atoms with Gasteiger partial charge in [0.25, 0.3) is 0 Å². The summed E-state index contributed by atoms with van der Waals surface area (Å²) in [5.74, 6) is 0.930. The molecule has 0 saturated carbocycles. The van der Waals surface area contributed by atoms with Crippen LogP contribution in [0, 0.1) is 6.92 Å². The summed E-state index contributed by atoms with van der Waals surface area (Å²) < 4.78 is 7.49. The standard InChI is InChI=1S/C16H22N2O/c1-4-8-18-9-7-14(12-18)11-17-15-5-6-16(19-3)13(2)10-15/h5-7,9-10,12,17H,4,8,11H2,1-3H3. The van der Waals surface area contributed by atoms with E-state index in [1.165, 1.54) is 12.0 Å². The lowest BCUT2D eigenvalue weighted by molar-refractivity contribution is 0.412. The van der Waals surface area contributed by atoms with E-state index < -0.39 is 0 Å². The number of nitrogens with zero attached hydrogens (tertiary/aromatic N) is 1. The van der Waals surface area contributed by atoms with Crippen molar-refractivity contribution in [2.45, 2.75) is 33.4 Å². The normalized spacial score (nSPS) is 10.5. The molecule has 1 N–H and O–H groups in total. The molecule has 0 aliphatic carbocycles. The van der Waals surface area contributed by atoms with Crippen LogP contribution in [-0.4, -0.2) is 11.7 Å². The molecule has 0 atom stereocenters. The van der Waals surface area contributed by atoms with Gasteiger partial charge in [0.05, 0.1) is 7.11 Å². The predicted molar refractivity (Wildman–Crippen MR) is 79.8 cm³/mol. The molecule has 1 heterocycles. The van der Waals surface area contributed by atoms with Crippen LogP contribution in [0.4, 0.5) is 5.69 Å². The van der Waals surface area contributed by atoms with Gasteiger partial charge in [-0.25, -0.2) is 0 Å². The Hall–Kier alpha value is -1.90. The topological polar surface area (TPSA) is 26.2 Å². The molecule has 0 radical (unpaired) electrons. The summed E-state index contributed by atoms with van der Waals surface area (Å²) in [7, 11) is 1.70. The average molecular weight is 258 g/mol. The summed E-state index contributed by atoms with van der Waals surface area (Å²) >= 11 is 0. The summed E-state index contributed by atoms with van der Waals surface area (Å²) in [5, 5.41) is 3.44. The molecular formula is C16H22N2O. The number of aryl methyl sites for hydroxylation is 2. The molecule has 1 aromatic heterocycles. The van der Waals surface area contributed by atoms with E-state index in [-0.39, 0.29) is 0 Å². The van der Waals surface area contributed by atoms with Crippen LogP contribution in [0.2, 0.25) is 0 Å². The fourth-order valence-corrected chi connectivity index (χ4v) is 2.18. The zero-order valence-electron chi connectivity index (χ0n) is 11.9. The summed E-state index contributed by atoms with van der Waals surface area (Å²) in [4.78, 5) is 0. The van der Waals surface area contributed by atoms with Crippen LogP contribution in [0.5, 0.6) is 5.75 Å². The number of hydrogen-bond donors (Lipinski definition) is 1. The zero-order valence-corrected chi connectivity index (χ0v) is 11.9. The lowest BCUT2D eigenvalue weighted by Crippen LogP contribution is -1.99. The van der Waals surface area contributed by atoms with Gasteiger partial charge < -0.3 is 14.6 Å². The maximum Gasteiger partial charge on any atom is 0.121 e. The number of hydrogen-bond acceptors (Lipinski definition) is 2. The summed E-state index contributed by atoms with van der Waals surface area (Å²) in [6.07, 6.45) is 5.51. The minimum atomic E-state index is 0.850. The van der Waals surface area contributed by atoms with Gasteiger partial charge >= 0.3 is 0 Å². The van der Waals surface area contributed by atoms with Crippen LogP contribution in [-0.2, 0) is 13.1 Å². The Kier molecular flexibility index (Phi) is 4.50. The number of ether oxygens (including phenoxy) is 1. The molecule has 0 saturated heterocycles. The molecule has 0 fully saturated rings. The molecule has 0 amide bonds. The molecule has 2 aromatic rings. The van der Waals surface area contributed by atoms with E-state index in [4.69, 9.17) is 4.74 Å². The molecule has 3 nitrogen and oxygen atoms in total. The zero-order chi connectivity index (χ0) is 13.7. The molecular weight excluding hydrogens is 236 g/mol. The van der Waals surface area contributed by atoms with Crippen molar-refractivity contribution in [1.29, 1.82) is 0 Å². The van der Waals surface area contributed by atoms with Crippen molar-refractivity contribution in [3.8, 4) is 5.75 Å². The SMILES string of the molecule is CCCn1ccc(CNc2ccc(OC)c(C)c2)c1. The summed E-state index contributed by atoms with van der Waals surface area (Å²) in [6, 6.07) is 8.33. The van der Waals surface area contributed by atoms with Gasteiger partial charge in [-0.05, 0) is 48.7 Å². The Labute approximate surface area is 115 Å². The minimum Gasteiger partial charge on any atom is -0.496 e. The number of nitrogens with one attached hydrogen (secondary N) is 1. The summed E-state index contributed by atoms with van der Waals surface area (Å²) in [6.45, 7) is 6.18. The largest absolute Gasteiger partial charge is 0.496 e. The Morgan fingerprint density at radius 2 is 2.11 bits per heavy atom. The third-order valence-electron chi connectivity index (χ3n) is 3.19. The van der Waals surface area contributed by atoms with Crippen LogP contribution < -0.4 is 10.1 Å². The van der Waals surface area contributed by atoms with E-state index in [1.54, 1.807) is 7.11 Å². The molecule has 102 valence electrons. The van der Waals surface area contributed by atoms with Crippen molar-refractivity contribution in [2.24, 2.45) is 0 Å². The number of anilines is 1. The van der Waals surface area contributed by atoms with Crippen LogP contribution >= 0.6 is 0 Å². The van der Waals surface area contributed by atoms with Gasteiger partial charge in [-0.1, -0.05) is 6.92 Å². The molecule has 0 unspecified atom stereocenters. The van der Waals surface area contributed by atoms with Crippen molar-refractivity contribution < 1.29 is 4.74 Å². The van der Waals surface area contributed by atoms with Gasteiger partial charge in [-0.2, -0.15) is 0 Å². The van der Waals surface area contributed by atoms with E-state index in [9.17, 15) is 0 Å². The van der Waals surface area contributed by atoms with Crippen molar-refractivity contribution in [2.75, 3.05) is 12.4 Å². The first kappa shape index (κ1) is 13.5. The lowest BCUT2D eigenvalue weighted by Gasteiger charge is -2.09. The fourth-order valence-electron chi connectivity index (χ4n) is 2.18. The third kappa shape index (κ3) is 3.53. The second-order valence-corrected chi connectivity index (χ2v) is 4.80. The maximum atomic E-state index is 5.26. The molecule has 0 aliphatic heterocycles. The van der Waals surface area contributed by atoms with Gasteiger partial charge in [0.1, 0.15) is 5.75 Å². The molecule has 0 bridgehead atoms. The van der Waals surface area contributed by atoms with E-state index in [0.29, 0.717) is 0 Å². The van der Waals surface area contributed by atoms with Gasteiger partial charge in [-0.15, -0.1) is 0 Å². The van der Waals surface area contributed by atoms with E-state index >= 15 is 0 Å². The highest BCUT2D eigenvalue weighted by Crippen LogP contribution is 2.21. The monoisotopic (exact) mass is 258 g/mol. The first-order valence-corrected chi connectivity index (χ1v) is 6.76. The number of aromatic nitrogens is 1. The van der Waals surface area contributed by atoms with Crippen molar-refractivity contribution in [1.82, 2.24) is 4.57 Å². The first-order valence-electron chi connectivity index (χ1n) is 6.76. The van der Waals surface area contributed by atoms with Crippen molar-refractivity contribution in [3.63, 3.8) is 0 Å². The van der Waals surface area contributed by atoms with Crippen LogP contribution in [0.25, 0.3) is 0 Å². The van der Waals surface area contributed by atoms with E-state index in [2.05, 4.69) is 54.3 Å². The number of methoxy groups -OCH3 is 1. The van der Waals surface area contributed by atoms with Crippen molar-refractivity contribution in [3.05, 3.63) is 47.8 Å².